The normalized spacial score (nSPS) is 10.0. The lowest BCUT2D eigenvalue weighted by Gasteiger charge is -2.05. The SMILES string of the molecule is C=Cc1cc[nH]c1C=C.CC(C)(C)C. The van der Waals surface area contributed by atoms with Gasteiger partial charge in [-0.3, -0.25) is 0 Å². The highest BCUT2D eigenvalue weighted by molar-refractivity contribution is 5.60. The second-order valence-electron chi connectivity index (χ2n) is 4.75. The van der Waals surface area contributed by atoms with Crippen LogP contribution in [-0.2, 0) is 0 Å². The van der Waals surface area contributed by atoms with Gasteiger partial charge in [-0.15, -0.1) is 0 Å². The molecule has 1 N–H and O–H groups in total. The van der Waals surface area contributed by atoms with Crippen molar-refractivity contribution in [2.45, 2.75) is 27.7 Å². The van der Waals surface area contributed by atoms with Crippen molar-refractivity contribution in [3.05, 3.63) is 36.7 Å². The van der Waals surface area contributed by atoms with Crippen LogP contribution in [0.4, 0.5) is 0 Å². The van der Waals surface area contributed by atoms with Crippen LogP contribution in [0, 0.1) is 5.41 Å². The van der Waals surface area contributed by atoms with Crippen molar-refractivity contribution in [2.24, 2.45) is 5.41 Å². The molecule has 0 amide bonds. The number of H-pyrrole nitrogens is 1. The molecule has 0 aromatic carbocycles. The van der Waals surface area contributed by atoms with Gasteiger partial charge in [0.15, 0.2) is 0 Å². The van der Waals surface area contributed by atoms with Crippen molar-refractivity contribution in [1.82, 2.24) is 4.98 Å². The Balaban J connectivity index is 0.000000292. The van der Waals surface area contributed by atoms with Crippen molar-refractivity contribution in [3.8, 4) is 0 Å². The zero-order valence-electron chi connectivity index (χ0n) is 9.72. The Labute approximate surface area is 87.6 Å². The van der Waals surface area contributed by atoms with Gasteiger partial charge in [0.25, 0.3) is 0 Å². The maximum Gasteiger partial charge on any atom is 0.0447 e. The smallest absolute Gasteiger partial charge is 0.0447 e. The van der Waals surface area contributed by atoms with Gasteiger partial charge in [0, 0.05) is 11.9 Å². The Morgan fingerprint density at radius 2 is 1.64 bits per heavy atom. The van der Waals surface area contributed by atoms with Gasteiger partial charge in [-0.2, -0.15) is 0 Å². The van der Waals surface area contributed by atoms with Crippen LogP contribution in [-0.4, -0.2) is 4.98 Å². The highest BCUT2D eigenvalue weighted by Crippen LogP contribution is 2.08. The van der Waals surface area contributed by atoms with Crippen LogP contribution in [0.5, 0.6) is 0 Å². The van der Waals surface area contributed by atoms with Crippen LogP contribution in [0.3, 0.4) is 0 Å². The molecule has 78 valence electrons. The minimum absolute atomic E-state index is 0.500. The zero-order valence-corrected chi connectivity index (χ0v) is 9.72. The summed E-state index contributed by atoms with van der Waals surface area (Å²) in [7, 11) is 0. The Kier molecular flexibility index (Phi) is 5.00. The molecular formula is C13H21N. The van der Waals surface area contributed by atoms with Crippen molar-refractivity contribution in [1.29, 1.82) is 0 Å². The highest BCUT2D eigenvalue weighted by atomic mass is 14.7. The monoisotopic (exact) mass is 191 g/mol. The van der Waals surface area contributed by atoms with E-state index in [0.29, 0.717) is 5.41 Å². The molecule has 0 atom stereocenters. The molecule has 0 saturated heterocycles. The highest BCUT2D eigenvalue weighted by Gasteiger charge is 1.95. The largest absolute Gasteiger partial charge is 0.361 e. The van der Waals surface area contributed by atoms with E-state index in [-0.39, 0.29) is 0 Å². The van der Waals surface area contributed by atoms with Crippen LogP contribution in [0.25, 0.3) is 12.2 Å². The summed E-state index contributed by atoms with van der Waals surface area (Å²) in [6.07, 6.45) is 5.44. The third-order valence-electron chi connectivity index (χ3n) is 1.24. The van der Waals surface area contributed by atoms with Gasteiger partial charge < -0.3 is 4.98 Å². The van der Waals surface area contributed by atoms with Crippen LogP contribution in [0.2, 0.25) is 0 Å². The van der Waals surface area contributed by atoms with E-state index in [4.69, 9.17) is 0 Å². The molecule has 0 radical (unpaired) electrons. The van der Waals surface area contributed by atoms with Crippen molar-refractivity contribution < 1.29 is 0 Å². The lowest BCUT2D eigenvalue weighted by molar-refractivity contribution is 0.469. The fourth-order valence-electron chi connectivity index (χ4n) is 0.749. The molecular weight excluding hydrogens is 170 g/mol. The summed E-state index contributed by atoms with van der Waals surface area (Å²) in [5, 5.41) is 0. The van der Waals surface area contributed by atoms with Crippen LogP contribution >= 0.6 is 0 Å². The average Bonchev–Trinajstić information content (AvgIpc) is 2.47. The minimum atomic E-state index is 0.500. The predicted molar refractivity (Wildman–Crippen MR) is 66.1 cm³/mol. The molecule has 14 heavy (non-hydrogen) atoms. The first-order chi connectivity index (χ1) is 6.38. The van der Waals surface area contributed by atoms with E-state index in [1.807, 2.05) is 12.3 Å². The van der Waals surface area contributed by atoms with Crippen LogP contribution in [0.15, 0.2) is 25.4 Å². The topological polar surface area (TPSA) is 15.8 Å². The number of hydrogen-bond donors (Lipinski definition) is 1. The lowest BCUT2D eigenvalue weighted by Crippen LogP contribution is -1.93. The lowest BCUT2D eigenvalue weighted by atomic mass is 10.0. The summed E-state index contributed by atoms with van der Waals surface area (Å²) >= 11 is 0. The molecule has 0 bridgehead atoms. The first kappa shape index (κ1) is 12.8. The first-order valence-electron chi connectivity index (χ1n) is 4.80. The molecule has 1 nitrogen and oxygen atoms in total. The zero-order chi connectivity index (χ0) is 11.2. The van der Waals surface area contributed by atoms with Gasteiger partial charge in [-0.1, -0.05) is 46.9 Å². The molecule has 1 heteroatoms. The van der Waals surface area contributed by atoms with E-state index in [1.165, 1.54) is 0 Å². The Hall–Kier alpha value is -1.24. The Morgan fingerprint density at radius 3 is 1.93 bits per heavy atom. The maximum atomic E-state index is 3.64. The van der Waals surface area contributed by atoms with Crippen molar-refractivity contribution >= 4 is 12.2 Å². The summed E-state index contributed by atoms with van der Waals surface area (Å²) < 4.78 is 0. The first-order valence-corrected chi connectivity index (χ1v) is 4.80. The molecule has 0 fully saturated rings. The molecule has 0 aliphatic rings. The second kappa shape index (κ2) is 5.48. The summed E-state index contributed by atoms with van der Waals surface area (Å²) in [6.45, 7) is 16.0. The predicted octanol–water partition coefficient (Wildman–Crippen LogP) is 4.35. The van der Waals surface area contributed by atoms with E-state index in [2.05, 4.69) is 45.8 Å². The maximum absolute atomic E-state index is 3.64. The summed E-state index contributed by atoms with van der Waals surface area (Å²) in [4.78, 5) is 3.02. The molecule has 0 aliphatic heterocycles. The van der Waals surface area contributed by atoms with Gasteiger partial charge in [-0.25, -0.2) is 0 Å². The second-order valence-corrected chi connectivity index (χ2v) is 4.75. The molecule has 1 aromatic heterocycles. The average molecular weight is 191 g/mol. The molecule has 1 aromatic rings. The quantitative estimate of drug-likeness (QED) is 0.715. The summed E-state index contributed by atoms with van der Waals surface area (Å²) in [5.74, 6) is 0. The van der Waals surface area contributed by atoms with E-state index in [9.17, 15) is 0 Å². The van der Waals surface area contributed by atoms with Crippen LogP contribution in [0.1, 0.15) is 39.0 Å². The van der Waals surface area contributed by atoms with Gasteiger partial charge in [0.2, 0.25) is 0 Å². The van der Waals surface area contributed by atoms with Gasteiger partial charge in [-0.05, 0) is 23.1 Å². The molecule has 0 saturated carbocycles. The molecule has 1 heterocycles. The number of rotatable bonds is 2. The van der Waals surface area contributed by atoms with Gasteiger partial charge in [0.05, 0.1) is 0 Å². The van der Waals surface area contributed by atoms with Crippen LogP contribution < -0.4 is 0 Å². The van der Waals surface area contributed by atoms with Gasteiger partial charge in [0.1, 0.15) is 0 Å². The molecule has 1 rings (SSSR count). The fourth-order valence-corrected chi connectivity index (χ4v) is 0.749. The number of nitrogens with one attached hydrogen (secondary N) is 1. The van der Waals surface area contributed by atoms with E-state index in [0.717, 1.165) is 11.3 Å². The summed E-state index contributed by atoms with van der Waals surface area (Å²) in [6, 6.07) is 1.96. The minimum Gasteiger partial charge on any atom is -0.361 e. The number of hydrogen-bond acceptors (Lipinski definition) is 0. The third kappa shape index (κ3) is 6.30. The fraction of sp³-hybridized carbons (Fsp3) is 0.385. The van der Waals surface area contributed by atoms with Crippen molar-refractivity contribution in [2.75, 3.05) is 0 Å². The number of aromatic nitrogens is 1. The Bertz CT molecular complexity index is 258. The summed E-state index contributed by atoms with van der Waals surface area (Å²) in [5.41, 5.74) is 2.63. The number of aromatic amines is 1. The van der Waals surface area contributed by atoms with Crippen molar-refractivity contribution in [3.63, 3.8) is 0 Å². The molecule has 0 aliphatic carbocycles. The Morgan fingerprint density at radius 1 is 1.14 bits per heavy atom. The molecule has 0 spiro atoms. The van der Waals surface area contributed by atoms with E-state index < -0.39 is 0 Å². The standard InChI is InChI=1S/C8H9N.C5H12/c1-3-7-5-6-9-8(7)4-2;1-5(2,3)4/h3-6,9H,1-2H2;1-4H3. The van der Waals surface area contributed by atoms with Gasteiger partial charge >= 0.3 is 0 Å². The molecule has 0 unspecified atom stereocenters. The van der Waals surface area contributed by atoms with E-state index in [1.54, 1.807) is 12.2 Å². The van der Waals surface area contributed by atoms with E-state index >= 15 is 0 Å². The third-order valence-corrected chi connectivity index (χ3v) is 1.24.